The maximum atomic E-state index is 11.6. The predicted octanol–water partition coefficient (Wildman–Crippen LogP) is -0.00970. The van der Waals surface area contributed by atoms with Gasteiger partial charge in [-0.1, -0.05) is 23.2 Å². The van der Waals surface area contributed by atoms with Gasteiger partial charge in [-0.25, -0.2) is 4.79 Å². The molecule has 0 aliphatic carbocycles. The van der Waals surface area contributed by atoms with Crippen molar-refractivity contribution in [3.8, 4) is 0 Å². The van der Waals surface area contributed by atoms with Crippen LogP contribution in [-0.2, 0) is 4.74 Å². The first kappa shape index (κ1) is 12.6. The molecule has 1 fully saturated rings. The molecule has 94 valence electrons. The number of aromatic nitrogens is 2. The van der Waals surface area contributed by atoms with E-state index in [0.29, 0.717) is 0 Å². The van der Waals surface area contributed by atoms with E-state index in [-0.39, 0.29) is 13.0 Å². The molecule has 6 nitrogen and oxygen atoms in total. The summed E-state index contributed by atoms with van der Waals surface area (Å²) in [5.74, 6) is 0. The highest BCUT2D eigenvalue weighted by atomic mass is 35.5. The number of rotatable bonds is 2. The van der Waals surface area contributed by atoms with Gasteiger partial charge in [0, 0.05) is 18.7 Å². The molecule has 1 aliphatic heterocycles. The SMILES string of the molecule is O=c1ccn(C2OC(CO)CC2(Cl)Cl)c(=O)[nH]1. The normalized spacial score (nSPS) is 27.2. The molecule has 0 bridgehead atoms. The summed E-state index contributed by atoms with van der Waals surface area (Å²) in [4.78, 5) is 24.6. The molecular weight excluding hydrogens is 271 g/mol. The smallest absolute Gasteiger partial charge is 0.330 e. The number of halogens is 2. The molecule has 17 heavy (non-hydrogen) atoms. The molecule has 0 saturated carbocycles. The molecule has 2 heterocycles. The van der Waals surface area contributed by atoms with Gasteiger partial charge in [0.1, 0.15) is 0 Å². The summed E-state index contributed by atoms with van der Waals surface area (Å²) in [5, 5.41) is 8.99. The van der Waals surface area contributed by atoms with Crippen molar-refractivity contribution >= 4 is 23.2 Å². The molecule has 1 saturated heterocycles. The standard InChI is InChI=1S/C9H10Cl2N2O4/c10-9(11)3-5(4-14)17-7(9)13-2-1-6(15)12-8(13)16/h1-2,5,7,14H,3-4H2,(H,12,15,16). The highest BCUT2D eigenvalue weighted by molar-refractivity contribution is 6.48. The lowest BCUT2D eigenvalue weighted by Gasteiger charge is -2.21. The van der Waals surface area contributed by atoms with Crippen molar-refractivity contribution in [3.05, 3.63) is 33.1 Å². The van der Waals surface area contributed by atoms with Gasteiger partial charge in [-0.15, -0.1) is 0 Å². The number of aliphatic hydroxyl groups excluding tert-OH is 1. The number of aliphatic hydroxyl groups is 1. The van der Waals surface area contributed by atoms with Crippen LogP contribution in [0.15, 0.2) is 21.9 Å². The molecule has 2 rings (SSSR count). The average molecular weight is 281 g/mol. The molecule has 0 amide bonds. The van der Waals surface area contributed by atoms with Crippen LogP contribution < -0.4 is 11.2 Å². The van der Waals surface area contributed by atoms with Gasteiger partial charge in [0.2, 0.25) is 0 Å². The fourth-order valence-corrected chi connectivity index (χ4v) is 2.38. The second-order valence-electron chi connectivity index (χ2n) is 3.78. The number of H-pyrrole nitrogens is 1. The third kappa shape index (κ3) is 2.40. The Kier molecular flexibility index (Phi) is 3.31. The third-order valence-corrected chi connectivity index (χ3v) is 3.17. The van der Waals surface area contributed by atoms with Crippen LogP contribution in [0, 0.1) is 0 Å². The zero-order chi connectivity index (χ0) is 12.6. The summed E-state index contributed by atoms with van der Waals surface area (Å²) in [6.07, 6.45) is -0.0188. The molecule has 2 N–H and O–H groups in total. The Hall–Kier alpha value is -0.820. The Bertz CT molecular complexity index is 524. The highest BCUT2D eigenvalue weighted by Crippen LogP contribution is 2.45. The van der Waals surface area contributed by atoms with Gasteiger partial charge in [0.25, 0.3) is 5.56 Å². The average Bonchev–Trinajstić information content (AvgIpc) is 2.54. The minimum Gasteiger partial charge on any atom is -0.394 e. The molecule has 0 aromatic carbocycles. The number of hydrogen-bond donors (Lipinski definition) is 2. The molecule has 1 aliphatic rings. The molecule has 0 spiro atoms. The molecular formula is C9H10Cl2N2O4. The van der Waals surface area contributed by atoms with Crippen LogP contribution in [0.3, 0.4) is 0 Å². The van der Waals surface area contributed by atoms with Crippen LogP contribution in [0.5, 0.6) is 0 Å². The van der Waals surface area contributed by atoms with Crippen LogP contribution in [0.4, 0.5) is 0 Å². The van der Waals surface area contributed by atoms with Gasteiger partial charge < -0.3 is 9.84 Å². The maximum Gasteiger partial charge on any atom is 0.330 e. The van der Waals surface area contributed by atoms with Crippen molar-refractivity contribution in [2.75, 3.05) is 6.61 Å². The van der Waals surface area contributed by atoms with Crippen molar-refractivity contribution in [1.82, 2.24) is 9.55 Å². The Morgan fingerprint density at radius 1 is 1.59 bits per heavy atom. The first-order valence-electron chi connectivity index (χ1n) is 4.89. The Balaban J connectivity index is 2.40. The van der Waals surface area contributed by atoms with Crippen LogP contribution in [0.2, 0.25) is 0 Å². The van der Waals surface area contributed by atoms with E-state index in [0.717, 1.165) is 4.57 Å². The number of aromatic amines is 1. The summed E-state index contributed by atoms with van der Waals surface area (Å²) in [7, 11) is 0. The van der Waals surface area contributed by atoms with E-state index >= 15 is 0 Å². The van der Waals surface area contributed by atoms with E-state index in [4.69, 9.17) is 33.0 Å². The molecule has 1 aromatic heterocycles. The van der Waals surface area contributed by atoms with E-state index in [1.54, 1.807) is 0 Å². The molecule has 2 unspecified atom stereocenters. The number of hydrogen-bond acceptors (Lipinski definition) is 4. The Labute approximate surface area is 106 Å². The van der Waals surface area contributed by atoms with Gasteiger partial charge in [-0.05, 0) is 0 Å². The minimum atomic E-state index is -1.32. The van der Waals surface area contributed by atoms with E-state index in [2.05, 4.69) is 4.98 Å². The van der Waals surface area contributed by atoms with Crippen molar-refractivity contribution in [1.29, 1.82) is 0 Å². The second kappa shape index (κ2) is 4.45. The molecule has 2 atom stereocenters. The lowest BCUT2D eigenvalue weighted by molar-refractivity contribution is -0.0263. The van der Waals surface area contributed by atoms with Gasteiger partial charge in [-0.3, -0.25) is 14.3 Å². The quantitative estimate of drug-likeness (QED) is 0.747. The number of alkyl halides is 2. The van der Waals surface area contributed by atoms with Crippen molar-refractivity contribution in [2.45, 2.75) is 23.1 Å². The van der Waals surface area contributed by atoms with Crippen LogP contribution in [-0.4, -0.2) is 31.7 Å². The zero-order valence-electron chi connectivity index (χ0n) is 8.60. The summed E-state index contributed by atoms with van der Waals surface area (Å²) < 4.78 is 5.13. The van der Waals surface area contributed by atoms with E-state index in [1.807, 2.05) is 0 Å². The largest absolute Gasteiger partial charge is 0.394 e. The van der Waals surface area contributed by atoms with Crippen molar-refractivity contribution < 1.29 is 9.84 Å². The lowest BCUT2D eigenvalue weighted by Crippen LogP contribution is -2.36. The molecule has 1 aromatic rings. The minimum absolute atomic E-state index is 0.197. The summed E-state index contributed by atoms with van der Waals surface area (Å²) >= 11 is 12.1. The van der Waals surface area contributed by atoms with Crippen LogP contribution in [0.1, 0.15) is 12.6 Å². The Morgan fingerprint density at radius 3 is 2.82 bits per heavy atom. The van der Waals surface area contributed by atoms with Gasteiger partial charge in [0.15, 0.2) is 10.6 Å². The van der Waals surface area contributed by atoms with Gasteiger partial charge in [-0.2, -0.15) is 0 Å². The van der Waals surface area contributed by atoms with Crippen molar-refractivity contribution in [3.63, 3.8) is 0 Å². The maximum absolute atomic E-state index is 11.6. The monoisotopic (exact) mass is 280 g/mol. The fraction of sp³-hybridized carbons (Fsp3) is 0.556. The van der Waals surface area contributed by atoms with E-state index in [9.17, 15) is 9.59 Å². The van der Waals surface area contributed by atoms with Crippen LogP contribution >= 0.6 is 23.2 Å². The third-order valence-electron chi connectivity index (χ3n) is 2.49. The van der Waals surface area contributed by atoms with Gasteiger partial charge in [0.05, 0.1) is 12.7 Å². The Morgan fingerprint density at radius 2 is 2.29 bits per heavy atom. The fourth-order valence-electron chi connectivity index (χ4n) is 1.72. The van der Waals surface area contributed by atoms with Crippen LogP contribution in [0.25, 0.3) is 0 Å². The lowest BCUT2D eigenvalue weighted by atomic mass is 10.2. The number of nitrogens with zero attached hydrogens (tertiary/aromatic N) is 1. The second-order valence-corrected chi connectivity index (χ2v) is 5.32. The van der Waals surface area contributed by atoms with E-state index < -0.39 is 27.9 Å². The first-order valence-corrected chi connectivity index (χ1v) is 5.65. The molecule has 0 radical (unpaired) electrons. The summed E-state index contributed by atoms with van der Waals surface area (Å²) in [6.45, 7) is -0.240. The topological polar surface area (TPSA) is 84.3 Å². The van der Waals surface area contributed by atoms with Gasteiger partial charge >= 0.3 is 5.69 Å². The number of ether oxygens (including phenoxy) is 1. The predicted molar refractivity (Wildman–Crippen MR) is 61.4 cm³/mol. The highest BCUT2D eigenvalue weighted by Gasteiger charge is 2.47. The first-order chi connectivity index (χ1) is 7.94. The van der Waals surface area contributed by atoms with E-state index in [1.165, 1.54) is 12.3 Å². The van der Waals surface area contributed by atoms with Crippen molar-refractivity contribution in [2.24, 2.45) is 0 Å². The summed E-state index contributed by atoms with van der Waals surface area (Å²) in [5.41, 5.74) is -1.18. The summed E-state index contributed by atoms with van der Waals surface area (Å²) in [6, 6.07) is 1.17. The zero-order valence-corrected chi connectivity index (χ0v) is 10.1. The number of nitrogens with one attached hydrogen (secondary N) is 1. The molecule has 8 heteroatoms.